The van der Waals surface area contributed by atoms with Gasteiger partial charge in [-0.15, -0.1) is 0 Å². The van der Waals surface area contributed by atoms with Crippen LogP contribution in [0, 0.1) is 29.6 Å². The molecule has 5 unspecified atom stereocenters. The van der Waals surface area contributed by atoms with Crippen molar-refractivity contribution in [2.45, 2.75) is 38.6 Å². The van der Waals surface area contributed by atoms with Crippen molar-refractivity contribution >= 4 is 11.8 Å². The first-order valence-electron chi connectivity index (χ1n) is 8.42. The second kappa shape index (κ2) is 4.94. The average Bonchev–Trinajstić information content (AvgIpc) is 2.95. The third-order valence-electron chi connectivity index (χ3n) is 5.77. The van der Waals surface area contributed by atoms with Crippen molar-refractivity contribution in [1.82, 2.24) is 10.2 Å². The van der Waals surface area contributed by atoms with Crippen molar-refractivity contribution in [3.8, 4) is 0 Å². The molecule has 1 N–H and O–H groups in total. The third-order valence-corrected chi connectivity index (χ3v) is 5.77. The number of rotatable bonds is 6. The first-order chi connectivity index (χ1) is 10.1. The van der Waals surface area contributed by atoms with Crippen LogP contribution in [0.4, 0.5) is 0 Å². The number of hydrogen-bond donors (Lipinski definition) is 1. The van der Waals surface area contributed by atoms with Gasteiger partial charge in [0.15, 0.2) is 0 Å². The van der Waals surface area contributed by atoms with Crippen LogP contribution in [0.25, 0.3) is 0 Å². The SMILES string of the molecule is CC(CC1CC1)NCCN1C(=O)C2C3C=CC(C3)C2C1=O. The lowest BCUT2D eigenvalue weighted by Crippen LogP contribution is -2.40. The molecule has 114 valence electrons. The molecule has 4 heteroatoms. The Labute approximate surface area is 125 Å². The number of imide groups is 1. The Morgan fingerprint density at radius 2 is 1.81 bits per heavy atom. The topological polar surface area (TPSA) is 49.4 Å². The number of carbonyl (C=O) groups is 2. The number of amides is 2. The first kappa shape index (κ1) is 13.5. The van der Waals surface area contributed by atoms with Crippen LogP contribution in [-0.4, -0.2) is 35.8 Å². The Kier molecular flexibility index (Phi) is 3.18. The predicted octanol–water partition coefficient (Wildman–Crippen LogP) is 1.57. The summed E-state index contributed by atoms with van der Waals surface area (Å²) in [7, 11) is 0. The summed E-state index contributed by atoms with van der Waals surface area (Å²) in [6, 6.07) is 0.489. The van der Waals surface area contributed by atoms with Gasteiger partial charge in [0.2, 0.25) is 11.8 Å². The predicted molar refractivity (Wildman–Crippen MR) is 79.2 cm³/mol. The highest BCUT2D eigenvalue weighted by Gasteiger charge is 2.58. The van der Waals surface area contributed by atoms with Gasteiger partial charge in [-0.3, -0.25) is 14.5 Å². The molecule has 4 nitrogen and oxygen atoms in total. The molecule has 2 saturated carbocycles. The molecule has 0 radical (unpaired) electrons. The fourth-order valence-corrected chi connectivity index (χ4v) is 4.54. The largest absolute Gasteiger partial charge is 0.312 e. The second-order valence-electron chi connectivity index (χ2n) is 7.36. The van der Waals surface area contributed by atoms with Crippen molar-refractivity contribution < 1.29 is 9.59 Å². The smallest absolute Gasteiger partial charge is 0.233 e. The van der Waals surface area contributed by atoms with Gasteiger partial charge >= 0.3 is 0 Å². The molecular weight excluding hydrogens is 264 g/mol. The molecule has 1 aliphatic heterocycles. The minimum absolute atomic E-state index is 0.0450. The molecule has 3 fully saturated rings. The van der Waals surface area contributed by atoms with E-state index in [2.05, 4.69) is 24.4 Å². The van der Waals surface area contributed by atoms with Crippen molar-refractivity contribution in [1.29, 1.82) is 0 Å². The highest BCUT2D eigenvalue weighted by Crippen LogP contribution is 2.52. The molecule has 0 aromatic heterocycles. The van der Waals surface area contributed by atoms with Gasteiger partial charge in [0.25, 0.3) is 0 Å². The van der Waals surface area contributed by atoms with E-state index in [9.17, 15) is 9.59 Å². The summed E-state index contributed by atoms with van der Waals surface area (Å²) in [6.07, 6.45) is 9.27. The third kappa shape index (κ3) is 2.24. The van der Waals surface area contributed by atoms with Gasteiger partial charge in [-0.2, -0.15) is 0 Å². The normalized spacial score (nSPS) is 38.4. The van der Waals surface area contributed by atoms with E-state index >= 15 is 0 Å². The number of nitrogens with zero attached hydrogens (tertiary/aromatic N) is 1. The van der Waals surface area contributed by atoms with Crippen LogP contribution < -0.4 is 5.32 Å². The van der Waals surface area contributed by atoms with Crippen LogP contribution in [0.1, 0.15) is 32.6 Å². The summed E-state index contributed by atoms with van der Waals surface area (Å²) in [6.45, 7) is 3.47. The zero-order valence-electron chi connectivity index (χ0n) is 12.6. The lowest BCUT2D eigenvalue weighted by molar-refractivity contribution is -0.140. The van der Waals surface area contributed by atoms with E-state index in [4.69, 9.17) is 0 Å². The van der Waals surface area contributed by atoms with Gasteiger partial charge in [0.1, 0.15) is 0 Å². The molecule has 0 spiro atoms. The minimum Gasteiger partial charge on any atom is -0.312 e. The van der Waals surface area contributed by atoms with Gasteiger partial charge in [-0.1, -0.05) is 25.0 Å². The van der Waals surface area contributed by atoms with Crippen molar-refractivity contribution in [3.63, 3.8) is 0 Å². The molecule has 3 aliphatic carbocycles. The summed E-state index contributed by atoms with van der Waals surface area (Å²) in [5.74, 6) is 1.62. The van der Waals surface area contributed by atoms with Crippen LogP contribution in [-0.2, 0) is 9.59 Å². The molecule has 2 amide bonds. The summed E-state index contributed by atoms with van der Waals surface area (Å²) in [4.78, 5) is 26.5. The van der Waals surface area contributed by atoms with Crippen molar-refractivity contribution in [2.24, 2.45) is 29.6 Å². The maximum atomic E-state index is 12.5. The summed E-state index contributed by atoms with van der Waals surface area (Å²) >= 11 is 0. The number of fused-ring (bicyclic) bond motifs is 5. The van der Waals surface area contributed by atoms with E-state index in [1.807, 2.05) is 0 Å². The zero-order chi connectivity index (χ0) is 14.6. The standard InChI is InChI=1S/C17H24N2O2/c1-10(8-11-2-3-11)18-6-7-19-16(20)14-12-4-5-13(9-12)15(14)17(19)21/h4-5,10-15,18H,2-3,6-9H2,1H3. The second-order valence-corrected chi connectivity index (χ2v) is 7.36. The van der Waals surface area contributed by atoms with Gasteiger partial charge < -0.3 is 5.32 Å². The molecular formula is C17H24N2O2. The summed E-state index contributed by atoms with van der Waals surface area (Å²) < 4.78 is 0. The maximum absolute atomic E-state index is 12.5. The Morgan fingerprint density at radius 3 is 2.38 bits per heavy atom. The Bertz CT molecular complexity index is 467. The first-order valence-corrected chi connectivity index (χ1v) is 8.42. The molecule has 0 aromatic carbocycles. The highest BCUT2D eigenvalue weighted by atomic mass is 16.2. The molecule has 4 rings (SSSR count). The molecule has 1 heterocycles. The number of carbonyl (C=O) groups excluding carboxylic acids is 2. The number of nitrogens with one attached hydrogen (secondary N) is 1. The van der Waals surface area contributed by atoms with Crippen LogP contribution in [0.3, 0.4) is 0 Å². The molecule has 0 aromatic rings. The van der Waals surface area contributed by atoms with Gasteiger partial charge in [-0.05, 0) is 37.5 Å². The van der Waals surface area contributed by atoms with E-state index < -0.39 is 0 Å². The van der Waals surface area contributed by atoms with E-state index in [1.54, 1.807) is 0 Å². The van der Waals surface area contributed by atoms with Gasteiger partial charge in [0, 0.05) is 19.1 Å². The van der Waals surface area contributed by atoms with Gasteiger partial charge in [-0.25, -0.2) is 0 Å². The Morgan fingerprint density at radius 1 is 1.19 bits per heavy atom. The van der Waals surface area contributed by atoms with E-state index in [-0.39, 0.29) is 23.7 Å². The van der Waals surface area contributed by atoms with E-state index in [0.29, 0.717) is 24.4 Å². The number of allylic oxidation sites excluding steroid dienone is 2. The lowest BCUT2D eigenvalue weighted by atomic mass is 9.85. The molecule has 4 aliphatic rings. The van der Waals surface area contributed by atoms with E-state index in [1.165, 1.54) is 24.2 Å². The van der Waals surface area contributed by atoms with Crippen molar-refractivity contribution in [2.75, 3.05) is 13.1 Å². The summed E-state index contributed by atoms with van der Waals surface area (Å²) in [5, 5.41) is 3.46. The van der Waals surface area contributed by atoms with Crippen LogP contribution in [0.15, 0.2) is 12.2 Å². The molecule has 5 atom stereocenters. The van der Waals surface area contributed by atoms with Crippen LogP contribution in [0.5, 0.6) is 0 Å². The lowest BCUT2D eigenvalue weighted by Gasteiger charge is -2.19. The fraction of sp³-hybridized carbons (Fsp3) is 0.765. The molecule has 2 bridgehead atoms. The van der Waals surface area contributed by atoms with Gasteiger partial charge in [0.05, 0.1) is 11.8 Å². The van der Waals surface area contributed by atoms with Crippen LogP contribution >= 0.6 is 0 Å². The molecule has 21 heavy (non-hydrogen) atoms. The summed E-state index contributed by atoms with van der Waals surface area (Å²) in [5.41, 5.74) is 0. The van der Waals surface area contributed by atoms with E-state index in [0.717, 1.165) is 18.9 Å². The van der Waals surface area contributed by atoms with Crippen molar-refractivity contribution in [3.05, 3.63) is 12.2 Å². The van der Waals surface area contributed by atoms with Crippen LogP contribution in [0.2, 0.25) is 0 Å². The quantitative estimate of drug-likeness (QED) is 0.596. The highest BCUT2D eigenvalue weighted by molar-refractivity contribution is 6.06. The number of likely N-dealkylation sites (tertiary alicyclic amines) is 1. The Hall–Kier alpha value is -1.16. The number of hydrogen-bond acceptors (Lipinski definition) is 3. The monoisotopic (exact) mass is 288 g/mol. The zero-order valence-corrected chi connectivity index (χ0v) is 12.6. The Balaban J connectivity index is 1.32. The minimum atomic E-state index is -0.0450. The average molecular weight is 288 g/mol. The molecule has 1 saturated heterocycles. The fourth-order valence-electron chi connectivity index (χ4n) is 4.54. The maximum Gasteiger partial charge on any atom is 0.233 e.